The van der Waals surface area contributed by atoms with Gasteiger partial charge in [0, 0.05) is 26.2 Å². The molecular weight excluding hydrogens is 220 g/mol. The van der Waals surface area contributed by atoms with Crippen LogP contribution >= 0.6 is 0 Å². The van der Waals surface area contributed by atoms with Crippen molar-refractivity contribution in [3.63, 3.8) is 0 Å². The molecular formula is C12H18N2O3. The summed E-state index contributed by atoms with van der Waals surface area (Å²) in [5.74, 6) is -0.763. The van der Waals surface area contributed by atoms with Gasteiger partial charge in [0.15, 0.2) is 0 Å². The zero-order chi connectivity index (χ0) is 12.8. The van der Waals surface area contributed by atoms with Crippen LogP contribution in [-0.2, 0) is 11.8 Å². The fourth-order valence-corrected chi connectivity index (χ4v) is 1.53. The lowest BCUT2D eigenvalue weighted by Crippen LogP contribution is -2.29. The Morgan fingerprint density at radius 2 is 2.24 bits per heavy atom. The van der Waals surface area contributed by atoms with Crippen LogP contribution in [0.5, 0.6) is 0 Å². The summed E-state index contributed by atoms with van der Waals surface area (Å²) in [5.41, 5.74) is 0.607. The summed E-state index contributed by atoms with van der Waals surface area (Å²) >= 11 is 0. The molecule has 0 aliphatic rings. The minimum absolute atomic E-state index is 0.125. The summed E-state index contributed by atoms with van der Waals surface area (Å²) in [5, 5.41) is 11.3. The first-order chi connectivity index (χ1) is 8.00. The number of aliphatic carboxylic acids is 1. The van der Waals surface area contributed by atoms with Crippen LogP contribution in [0.25, 0.3) is 0 Å². The van der Waals surface area contributed by atoms with Crippen molar-refractivity contribution in [1.82, 2.24) is 9.88 Å². The lowest BCUT2D eigenvalue weighted by atomic mass is 10.1. The number of carboxylic acids is 1. The zero-order valence-electron chi connectivity index (χ0n) is 10.1. The standard InChI is InChI=1S/C12H18N2O3/c1-9(5-6-11(15)16)8-13-12(17)10-4-3-7-14(10)2/h3-4,7,9H,5-6,8H2,1-2H3,(H,13,17)(H,15,16). The summed E-state index contributed by atoms with van der Waals surface area (Å²) in [6, 6.07) is 3.56. The predicted molar refractivity (Wildman–Crippen MR) is 63.8 cm³/mol. The van der Waals surface area contributed by atoms with Gasteiger partial charge in [-0.2, -0.15) is 0 Å². The van der Waals surface area contributed by atoms with Gasteiger partial charge in [-0.1, -0.05) is 6.92 Å². The van der Waals surface area contributed by atoms with Gasteiger partial charge >= 0.3 is 5.97 Å². The van der Waals surface area contributed by atoms with Crippen molar-refractivity contribution >= 4 is 11.9 Å². The number of hydrogen-bond donors (Lipinski definition) is 2. The minimum atomic E-state index is -0.800. The van der Waals surface area contributed by atoms with Gasteiger partial charge in [-0.25, -0.2) is 0 Å². The molecule has 1 aromatic rings. The minimum Gasteiger partial charge on any atom is -0.481 e. The molecule has 5 heteroatoms. The Morgan fingerprint density at radius 3 is 2.76 bits per heavy atom. The first kappa shape index (κ1) is 13.3. The third-order valence-electron chi connectivity index (χ3n) is 2.64. The number of nitrogens with one attached hydrogen (secondary N) is 1. The van der Waals surface area contributed by atoms with Crippen LogP contribution < -0.4 is 5.32 Å². The van der Waals surface area contributed by atoms with E-state index in [0.29, 0.717) is 18.7 Å². The van der Waals surface area contributed by atoms with Crippen molar-refractivity contribution in [2.75, 3.05) is 6.54 Å². The van der Waals surface area contributed by atoms with Gasteiger partial charge in [0.1, 0.15) is 5.69 Å². The smallest absolute Gasteiger partial charge is 0.303 e. The Hall–Kier alpha value is -1.78. The van der Waals surface area contributed by atoms with Gasteiger partial charge in [-0.15, -0.1) is 0 Å². The molecule has 0 spiro atoms. The molecule has 2 N–H and O–H groups in total. The maximum absolute atomic E-state index is 11.7. The van der Waals surface area contributed by atoms with E-state index < -0.39 is 5.97 Å². The van der Waals surface area contributed by atoms with Gasteiger partial charge in [0.25, 0.3) is 5.91 Å². The Labute approximate surface area is 100 Å². The molecule has 1 rings (SSSR count). The number of carboxylic acid groups (broad SMARTS) is 1. The average Bonchev–Trinajstić information content (AvgIpc) is 2.69. The first-order valence-corrected chi connectivity index (χ1v) is 5.62. The fourth-order valence-electron chi connectivity index (χ4n) is 1.53. The number of aryl methyl sites for hydroxylation is 1. The zero-order valence-corrected chi connectivity index (χ0v) is 10.1. The van der Waals surface area contributed by atoms with Gasteiger partial charge in [-0.3, -0.25) is 9.59 Å². The van der Waals surface area contributed by atoms with E-state index in [2.05, 4.69) is 5.32 Å². The highest BCUT2D eigenvalue weighted by Gasteiger charge is 2.10. The summed E-state index contributed by atoms with van der Waals surface area (Å²) in [6.07, 6.45) is 2.52. The monoisotopic (exact) mass is 238 g/mol. The maximum Gasteiger partial charge on any atom is 0.303 e. The van der Waals surface area contributed by atoms with Crippen LogP contribution in [0.15, 0.2) is 18.3 Å². The van der Waals surface area contributed by atoms with Crippen LogP contribution in [0.2, 0.25) is 0 Å². The summed E-state index contributed by atoms with van der Waals surface area (Å²) in [7, 11) is 1.81. The average molecular weight is 238 g/mol. The lowest BCUT2D eigenvalue weighted by Gasteiger charge is -2.11. The van der Waals surface area contributed by atoms with Gasteiger partial charge in [-0.05, 0) is 24.5 Å². The molecule has 1 atom stereocenters. The largest absolute Gasteiger partial charge is 0.481 e. The van der Waals surface area contributed by atoms with Crippen molar-refractivity contribution in [3.05, 3.63) is 24.0 Å². The van der Waals surface area contributed by atoms with Crippen molar-refractivity contribution in [1.29, 1.82) is 0 Å². The number of amides is 1. The van der Waals surface area contributed by atoms with Crippen molar-refractivity contribution in [3.8, 4) is 0 Å². The van der Waals surface area contributed by atoms with Gasteiger partial charge < -0.3 is 15.0 Å². The SMILES string of the molecule is CC(CCC(=O)O)CNC(=O)c1cccn1C. The van der Waals surface area contributed by atoms with E-state index in [4.69, 9.17) is 5.11 Å². The molecule has 1 aromatic heterocycles. The topological polar surface area (TPSA) is 71.3 Å². The number of carbonyl (C=O) groups is 2. The second-order valence-corrected chi connectivity index (χ2v) is 4.25. The number of carbonyl (C=O) groups excluding carboxylic acids is 1. The molecule has 0 saturated carbocycles. The van der Waals surface area contributed by atoms with E-state index in [1.54, 1.807) is 10.6 Å². The van der Waals surface area contributed by atoms with E-state index in [1.165, 1.54) is 0 Å². The number of hydrogen-bond acceptors (Lipinski definition) is 2. The van der Waals surface area contributed by atoms with E-state index in [1.807, 2.05) is 26.2 Å². The number of aromatic nitrogens is 1. The van der Waals surface area contributed by atoms with E-state index in [-0.39, 0.29) is 18.2 Å². The van der Waals surface area contributed by atoms with E-state index in [0.717, 1.165) is 0 Å². The van der Waals surface area contributed by atoms with Crippen LogP contribution in [0.1, 0.15) is 30.3 Å². The molecule has 0 bridgehead atoms. The van der Waals surface area contributed by atoms with Crippen LogP contribution in [0.4, 0.5) is 0 Å². The third-order valence-corrected chi connectivity index (χ3v) is 2.64. The highest BCUT2D eigenvalue weighted by Crippen LogP contribution is 2.05. The van der Waals surface area contributed by atoms with Gasteiger partial charge in [0.2, 0.25) is 0 Å². The Bertz CT molecular complexity index is 398. The molecule has 1 unspecified atom stereocenters. The molecule has 5 nitrogen and oxygen atoms in total. The van der Waals surface area contributed by atoms with Gasteiger partial charge in [0.05, 0.1) is 0 Å². The third kappa shape index (κ3) is 4.30. The lowest BCUT2D eigenvalue weighted by molar-refractivity contribution is -0.137. The maximum atomic E-state index is 11.7. The van der Waals surface area contributed by atoms with Crippen LogP contribution in [0.3, 0.4) is 0 Å². The van der Waals surface area contributed by atoms with E-state index >= 15 is 0 Å². The highest BCUT2D eigenvalue weighted by atomic mass is 16.4. The molecule has 1 amide bonds. The quantitative estimate of drug-likeness (QED) is 0.783. The Morgan fingerprint density at radius 1 is 1.53 bits per heavy atom. The summed E-state index contributed by atoms with van der Waals surface area (Å²) < 4.78 is 1.75. The first-order valence-electron chi connectivity index (χ1n) is 5.62. The van der Waals surface area contributed by atoms with E-state index in [9.17, 15) is 9.59 Å². The second kappa shape index (κ2) is 6.08. The Kier molecular flexibility index (Phi) is 4.75. The fraction of sp³-hybridized carbons (Fsp3) is 0.500. The highest BCUT2D eigenvalue weighted by molar-refractivity contribution is 5.92. The van der Waals surface area contributed by atoms with Crippen molar-refractivity contribution in [2.24, 2.45) is 13.0 Å². The van der Waals surface area contributed by atoms with Crippen LogP contribution in [0, 0.1) is 5.92 Å². The molecule has 0 saturated heterocycles. The van der Waals surface area contributed by atoms with Crippen molar-refractivity contribution in [2.45, 2.75) is 19.8 Å². The predicted octanol–water partition coefficient (Wildman–Crippen LogP) is 1.26. The molecule has 0 radical (unpaired) electrons. The second-order valence-electron chi connectivity index (χ2n) is 4.25. The summed E-state index contributed by atoms with van der Waals surface area (Å²) in [4.78, 5) is 22.1. The summed E-state index contributed by atoms with van der Waals surface area (Å²) in [6.45, 7) is 2.42. The number of nitrogens with zero attached hydrogens (tertiary/aromatic N) is 1. The Balaban J connectivity index is 2.33. The molecule has 94 valence electrons. The molecule has 0 aliphatic carbocycles. The molecule has 17 heavy (non-hydrogen) atoms. The van der Waals surface area contributed by atoms with Crippen molar-refractivity contribution < 1.29 is 14.7 Å². The molecule has 0 aromatic carbocycles. The molecule has 0 aliphatic heterocycles. The van der Waals surface area contributed by atoms with Crippen LogP contribution in [-0.4, -0.2) is 28.1 Å². The number of rotatable bonds is 6. The normalized spacial score (nSPS) is 12.1. The molecule has 1 heterocycles. The molecule has 0 fully saturated rings.